The van der Waals surface area contributed by atoms with Gasteiger partial charge in [-0.2, -0.15) is 0 Å². The van der Waals surface area contributed by atoms with Crippen molar-refractivity contribution in [2.45, 2.75) is 0 Å². The van der Waals surface area contributed by atoms with Crippen LogP contribution in [0.25, 0.3) is 11.1 Å². The molecule has 0 unspecified atom stereocenters. The number of amides is 2. The van der Waals surface area contributed by atoms with Crippen molar-refractivity contribution in [3.63, 3.8) is 0 Å². The first-order valence-electron chi connectivity index (χ1n) is 6.68. The Kier molecular flexibility index (Phi) is 3.25. The molecular formula is C14H15N3O4. The van der Waals surface area contributed by atoms with Crippen molar-refractivity contribution >= 4 is 23.4 Å². The fourth-order valence-corrected chi connectivity index (χ4v) is 2.47. The second-order valence-corrected chi connectivity index (χ2v) is 5.04. The Morgan fingerprint density at radius 2 is 1.95 bits per heavy atom. The lowest BCUT2D eigenvalue weighted by Crippen LogP contribution is -2.48. The fourth-order valence-electron chi connectivity index (χ4n) is 2.47. The summed E-state index contributed by atoms with van der Waals surface area (Å²) in [6.07, 6.45) is 0.801. The molecule has 7 nitrogen and oxygen atoms in total. The molecule has 1 aliphatic rings. The molecule has 0 N–H and O–H groups in total. The fraction of sp³-hybridized carbons (Fsp3) is 0.357. The third-order valence-electron chi connectivity index (χ3n) is 3.79. The van der Waals surface area contributed by atoms with Crippen LogP contribution in [0.1, 0.15) is 10.4 Å². The molecule has 7 heteroatoms. The highest BCUT2D eigenvalue weighted by atomic mass is 16.4. The summed E-state index contributed by atoms with van der Waals surface area (Å²) in [6.45, 7) is 2.11. The zero-order chi connectivity index (χ0) is 15.0. The molecule has 1 aromatic heterocycles. The Hall–Kier alpha value is -2.57. The molecule has 21 heavy (non-hydrogen) atoms. The topological polar surface area (TPSA) is 75.8 Å². The van der Waals surface area contributed by atoms with Crippen LogP contribution in [0, 0.1) is 0 Å². The third kappa shape index (κ3) is 2.31. The highest BCUT2D eigenvalue weighted by Crippen LogP contribution is 2.16. The summed E-state index contributed by atoms with van der Waals surface area (Å²) < 4.78 is 6.42. The van der Waals surface area contributed by atoms with Crippen molar-refractivity contribution in [3.05, 3.63) is 34.3 Å². The number of oxazole rings is 1. The molecule has 1 aliphatic heterocycles. The molecule has 0 radical (unpaired) electrons. The van der Waals surface area contributed by atoms with Crippen LogP contribution in [0.5, 0.6) is 0 Å². The first kappa shape index (κ1) is 13.4. The van der Waals surface area contributed by atoms with Gasteiger partial charge in [-0.25, -0.2) is 4.79 Å². The Labute approximate surface area is 120 Å². The minimum Gasteiger partial charge on any atom is -0.408 e. The van der Waals surface area contributed by atoms with Crippen LogP contribution in [0.4, 0.5) is 0 Å². The summed E-state index contributed by atoms with van der Waals surface area (Å²) in [6, 6.07) is 4.94. The third-order valence-corrected chi connectivity index (χ3v) is 3.79. The van der Waals surface area contributed by atoms with E-state index >= 15 is 0 Å². The SMILES string of the molecule is Cn1c(=O)oc2ccc(C(=O)N3CCN(C=O)CC3)cc21. The van der Waals surface area contributed by atoms with Crippen molar-refractivity contribution in [2.75, 3.05) is 26.2 Å². The van der Waals surface area contributed by atoms with Gasteiger partial charge in [0.15, 0.2) is 5.58 Å². The van der Waals surface area contributed by atoms with Crippen molar-refractivity contribution in [2.24, 2.45) is 7.05 Å². The second-order valence-electron chi connectivity index (χ2n) is 5.04. The first-order valence-corrected chi connectivity index (χ1v) is 6.68. The molecule has 0 atom stereocenters. The van der Waals surface area contributed by atoms with Gasteiger partial charge in [0.05, 0.1) is 5.52 Å². The van der Waals surface area contributed by atoms with Crippen LogP contribution >= 0.6 is 0 Å². The minimum absolute atomic E-state index is 0.101. The van der Waals surface area contributed by atoms with Gasteiger partial charge in [0, 0.05) is 38.8 Å². The Morgan fingerprint density at radius 3 is 2.62 bits per heavy atom. The van der Waals surface area contributed by atoms with Gasteiger partial charge in [-0.05, 0) is 18.2 Å². The quantitative estimate of drug-likeness (QED) is 0.732. The van der Waals surface area contributed by atoms with E-state index in [2.05, 4.69) is 0 Å². The minimum atomic E-state index is -0.450. The summed E-state index contributed by atoms with van der Waals surface area (Å²) in [7, 11) is 1.60. The smallest absolute Gasteiger partial charge is 0.408 e. The van der Waals surface area contributed by atoms with Crippen molar-refractivity contribution in [1.82, 2.24) is 14.4 Å². The molecule has 1 aromatic carbocycles. The summed E-state index contributed by atoms with van der Waals surface area (Å²) in [5.74, 6) is -0.551. The summed E-state index contributed by atoms with van der Waals surface area (Å²) in [5, 5.41) is 0. The molecule has 2 aromatic rings. The number of benzene rings is 1. The number of fused-ring (bicyclic) bond motifs is 1. The van der Waals surface area contributed by atoms with E-state index in [0.717, 1.165) is 6.41 Å². The molecule has 1 fully saturated rings. The number of rotatable bonds is 2. The number of hydrogen-bond acceptors (Lipinski definition) is 4. The summed E-state index contributed by atoms with van der Waals surface area (Å²) in [4.78, 5) is 37.9. The zero-order valence-corrected chi connectivity index (χ0v) is 11.6. The monoisotopic (exact) mass is 289 g/mol. The van der Waals surface area contributed by atoms with E-state index in [1.54, 1.807) is 35.0 Å². The molecule has 110 valence electrons. The van der Waals surface area contributed by atoms with Crippen LogP contribution in [-0.4, -0.2) is 52.9 Å². The van der Waals surface area contributed by atoms with Gasteiger partial charge in [-0.15, -0.1) is 0 Å². The van der Waals surface area contributed by atoms with Crippen molar-refractivity contribution in [3.8, 4) is 0 Å². The average molecular weight is 289 g/mol. The number of piperazine rings is 1. The predicted octanol–water partition coefficient (Wildman–Crippen LogP) is 0.0457. The van der Waals surface area contributed by atoms with Gasteiger partial charge < -0.3 is 14.2 Å². The number of hydrogen-bond donors (Lipinski definition) is 0. The normalized spacial score (nSPS) is 15.5. The second kappa shape index (κ2) is 5.08. The van der Waals surface area contributed by atoms with Crippen molar-refractivity contribution in [1.29, 1.82) is 0 Å². The molecule has 2 heterocycles. The van der Waals surface area contributed by atoms with Crippen LogP contribution in [0.2, 0.25) is 0 Å². The molecular weight excluding hydrogens is 274 g/mol. The highest BCUT2D eigenvalue weighted by molar-refractivity contribution is 5.97. The maximum absolute atomic E-state index is 12.5. The van der Waals surface area contributed by atoms with E-state index in [9.17, 15) is 14.4 Å². The molecule has 1 saturated heterocycles. The molecule has 0 bridgehead atoms. The van der Waals surface area contributed by atoms with Crippen molar-refractivity contribution < 1.29 is 14.0 Å². The van der Waals surface area contributed by atoms with E-state index in [1.165, 1.54) is 4.57 Å². The van der Waals surface area contributed by atoms with Gasteiger partial charge in [0.1, 0.15) is 0 Å². The van der Waals surface area contributed by atoms with Gasteiger partial charge in [0.25, 0.3) is 5.91 Å². The molecule has 0 aliphatic carbocycles. The van der Waals surface area contributed by atoms with E-state index in [1.807, 2.05) is 0 Å². The lowest BCUT2D eigenvalue weighted by atomic mass is 10.1. The van der Waals surface area contributed by atoms with Crippen LogP contribution in [-0.2, 0) is 11.8 Å². The number of carbonyl (C=O) groups excluding carboxylic acids is 2. The van der Waals surface area contributed by atoms with Crippen LogP contribution < -0.4 is 5.76 Å². The van der Waals surface area contributed by atoms with E-state index in [-0.39, 0.29) is 5.91 Å². The summed E-state index contributed by atoms with van der Waals surface area (Å²) >= 11 is 0. The highest BCUT2D eigenvalue weighted by Gasteiger charge is 2.22. The number of nitrogens with zero attached hydrogens (tertiary/aromatic N) is 3. The van der Waals surface area contributed by atoms with Gasteiger partial charge >= 0.3 is 5.76 Å². The molecule has 3 rings (SSSR count). The van der Waals surface area contributed by atoms with E-state index in [4.69, 9.17) is 4.42 Å². The largest absolute Gasteiger partial charge is 0.419 e. The standard InChI is InChI=1S/C14H15N3O4/c1-15-11-8-10(2-3-12(11)21-14(15)20)13(19)17-6-4-16(9-18)5-7-17/h2-3,8-9H,4-7H2,1H3. The van der Waals surface area contributed by atoms with E-state index in [0.29, 0.717) is 42.8 Å². The molecule has 2 amide bonds. The predicted molar refractivity (Wildman–Crippen MR) is 75.0 cm³/mol. The Bertz CT molecular complexity index is 753. The Balaban J connectivity index is 1.86. The Morgan fingerprint density at radius 1 is 1.24 bits per heavy atom. The molecule has 0 spiro atoms. The van der Waals surface area contributed by atoms with Gasteiger partial charge in [-0.1, -0.05) is 0 Å². The number of aryl methyl sites for hydroxylation is 1. The maximum atomic E-state index is 12.5. The number of carbonyl (C=O) groups is 2. The summed E-state index contributed by atoms with van der Waals surface area (Å²) in [5.41, 5.74) is 1.57. The van der Waals surface area contributed by atoms with Crippen LogP contribution in [0.15, 0.2) is 27.4 Å². The lowest BCUT2D eigenvalue weighted by Gasteiger charge is -2.32. The zero-order valence-electron chi connectivity index (χ0n) is 11.6. The maximum Gasteiger partial charge on any atom is 0.419 e. The average Bonchev–Trinajstić information content (AvgIpc) is 2.81. The number of aromatic nitrogens is 1. The van der Waals surface area contributed by atoms with E-state index < -0.39 is 5.76 Å². The molecule has 0 saturated carbocycles. The van der Waals surface area contributed by atoms with Gasteiger partial charge in [-0.3, -0.25) is 14.2 Å². The van der Waals surface area contributed by atoms with Gasteiger partial charge in [0.2, 0.25) is 6.41 Å². The first-order chi connectivity index (χ1) is 10.1. The lowest BCUT2D eigenvalue weighted by molar-refractivity contribution is -0.119. The van der Waals surface area contributed by atoms with Crippen LogP contribution in [0.3, 0.4) is 0 Å².